The molecule has 4 heteroatoms. The monoisotopic (exact) mass is 392 g/mol. The van der Waals surface area contributed by atoms with Crippen molar-refractivity contribution in [3.8, 4) is 0 Å². The maximum Gasteiger partial charge on any atom is 0.0886 e. The van der Waals surface area contributed by atoms with E-state index in [1.807, 2.05) is 49.1 Å². The summed E-state index contributed by atoms with van der Waals surface area (Å²) in [5.74, 6) is 0. The lowest BCUT2D eigenvalue weighted by molar-refractivity contribution is 0.390. The molecule has 0 bridgehead atoms. The first kappa shape index (κ1) is 18.6. The van der Waals surface area contributed by atoms with Crippen LogP contribution in [0, 0.1) is 0 Å². The van der Waals surface area contributed by atoms with Crippen molar-refractivity contribution >= 4 is 34.0 Å². The van der Waals surface area contributed by atoms with Gasteiger partial charge in [-0.2, -0.15) is 0 Å². The molecule has 0 saturated heterocycles. The second-order valence-corrected chi connectivity index (χ2v) is 7.81. The van der Waals surface area contributed by atoms with E-state index >= 15 is 0 Å². The zero-order valence-corrected chi connectivity index (χ0v) is 16.9. The van der Waals surface area contributed by atoms with E-state index in [-0.39, 0.29) is 12.1 Å². The van der Waals surface area contributed by atoms with Crippen LogP contribution in [-0.4, -0.2) is 34.5 Å². The van der Waals surface area contributed by atoms with Gasteiger partial charge in [-0.1, -0.05) is 61.4 Å². The highest BCUT2D eigenvalue weighted by Crippen LogP contribution is 2.25. The predicted molar refractivity (Wildman–Crippen MR) is 125 cm³/mol. The Morgan fingerprint density at radius 2 is 1.10 bits per heavy atom. The van der Waals surface area contributed by atoms with Crippen LogP contribution in [0.25, 0.3) is 21.5 Å². The molecule has 1 aliphatic carbocycles. The van der Waals surface area contributed by atoms with E-state index in [0.717, 1.165) is 35.0 Å². The highest BCUT2D eigenvalue weighted by atomic mass is 14.9. The number of aliphatic imine (C=N–C) groups is 2. The molecule has 2 heterocycles. The first-order valence-corrected chi connectivity index (χ1v) is 10.6. The van der Waals surface area contributed by atoms with Crippen LogP contribution in [0.5, 0.6) is 0 Å². The van der Waals surface area contributed by atoms with Crippen LogP contribution in [0.15, 0.2) is 83.0 Å². The molecule has 0 aliphatic heterocycles. The van der Waals surface area contributed by atoms with E-state index in [1.54, 1.807) is 0 Å². The van der Waals surface area contributed by atoms with Gasteiger partial charge in [-0.3, -0.25) is 20.0 Å². The topological polar surface area (TPSA) is 50.5 Å². The lowest BCUT2D eigenvalue weighted by Gasteiger charge is -2.25. The molecule has 148 valence electrons. The molecule has 1 saturated carbocycles. The van der Waals surface area contributed by atoms with E-state index in [2.05, 4.69) is 46.4 Å². The lowest BCUT2D eigenvalue weighted by Crippen LogP contribution is -2.27. The normalized spacial score (nSPS) is 19.9. The van der Waals surface area contributed by atoms with Crippen LogP contribution >= 0.6 is 0 Å². The Bertz CT molecular complexity index is 1120. The standard InChI is InChI=1S/C26H24N4/c1-3-9-21-19(7-1)13-15-27-25(21)17-29-23-11-5-6-12-24(23)30-18-26-22-10-4-2-8-20(22)14-16-28-26/h1-4,7-10,13-18,23-24H,5-6,11-12H2/b29-17-,30-18-. The largest absolute Gasteiger partial charge is 0.285 e. The Kier molecular flexibility index (Phi) is 5.30. The highest BCUT2D eigenvalue weighted by molar-refractivity contribution is 5.98. The molecule has 1 fully saturated rings. The molecule has 1 aliphatic rings. The minimum atomic E-state index is 0.186. The van der Waals surface area contributed by atoms with E-state index < -0.39 is 0 Å². The van der Waals surface area contributed by atoms with Gasteiger partial charge in [-0.05, 0) is 35.7 Å². The third-order valence-electron chi connectivity index (χ3n) is 5.88. The molecule has 0 N–H and O–H groups in total. The first-order chi connectivity index (χ1) is 14.9. The van der Waals surface area contributed by atoms with Crippen LogP contribution in [-0.2, 0) is 0 Å². The molecular weight excluding hydrogens is 368 g/mol. The Labute approximate surface area is 176 Å². The van der Waals surface area contributed by atoms with Crippen molar-refractivity contribution in [3.63, 3.8) is 0 Å². The third-order valence-corrected chi connectivity index (χ3v) is 5.88. The maximum absolute atomic E-state index is 4.94. The number of benzene rings is 2. The molecule has 0 amide bonds. The number of pyridine rings is 2. The summed E-state index contributed by atoms with van der Waals surface area (Å²) in [5, 5.41) is 4.66. The second kappa shape index (κ2) is 8.54. The van der Waals surface area contributed by atoms with Crippen LogP contribution in [0.4, 0.5) is 0 Å². The quantitative estimate of drug-likeness (QED) is 0.423. The van der Waals surface area contributed by atoms with E-state index in [9.17, 15) is 0 Å². The minimum Gasteiger partial charge on any atom is -0.285 e. The van der Waals surface area contributed by atoms with Gasteiger partial charge >= 0.3 is 0 Å². The SMILES string of the molecule is C(=N/C1CCCCC1/N=C\c1nccc2ccccc12)/c1nccc2ccccc12. The summed E-state index contributed by atoms with van der Waals surface area (Å²) in [7, 11) is 0. The summed E-state index contributed by atoms with van der Waals surface area (Å²) in [6.45, 7) is 0. The van der Waals surface area contributed by atoms with Gasteiger partial charge in [0.2, 0.25) is 0 Å². The average molecular weight is 393 g/mol. The number of hydrogen-bond donors (Lipinski definition) is 0. The highest BCUT2D eigenvalue weighted by Gasteiger charge is 2.23. The van der Waals surface area contributed by atoms with E-state index in [1.165, 1.54) is 23.6 Å². The summed E-state index contributed by atoms with van der Waals surface area (Å²) in [6.07, 6.45) is 12.1. The number of hydrogen-bond acceptors (Lipinski definition) is 4. The fourth-order valence-electron chi connectivity index (χ4n) is 4.26. The molecule has 30 heavy (non-hydrogen) atoms. The minimum absolute atomic E-state index is 0.186. The predicted octanol–water partition coefficient (Wildman–Crippen LogP) is 5.63. The summed E-state index contributed by atoms with van der Waals surface area (Å²) < 4.78 is 0. The van der Waals surface area contributed by atoms with Crippen LogP contribution in [0.1, 0.15) is 37.1 Å². The van der Waals surface area contributed by atoms with Gasteiger partial charge in [-0.25, -0.2) is 0 Å². The molecule has 4 nitrogen and oxygen atoms in total. The maximum atomic E-state index is 4.94. The first-order valence-electron chi connectivity index (χ1n) is 10.6. The van der Waals surface area contributed by atoms with Crippen molar-refractivity contribution in [3.05, 3.63) is 84.4 Å². The molecule has 0 spiro atoms. The Morgan fingerprint density at radius 1 is 0.633 bits per heavy atom. The van der Waals surface area contributed by atoms with Gasteiger partial charge in [0.25, 0.3) is 0 Å². The summed E-state index contributed by atoms with van der Waals surface area (Å²) in [5.41, 5.74) is 1.86. The fourth-order valence-corrected chi connectivity index (χ4v) is 4.26. The molecule has 2 aromatic carbocycles. The van der Waals surface area contributed by atoms with Gasteiger partial charge < -0.3 is 0 Å². The van der Waals surface area contributed by atoms with Crippen molar-refractivity contribution in [1.29, 1.82) is 0 Å². The van der Waals surface area contributed by atoms with Gasteiger partial charge in [0, 0.05) is 35.6 Å². The number of aromatic nitrogens is 2. The number of fused-ring (bicyclic) bond motifs is 2. The van der Waals surface area contributed by atoms with Crippen molar-refractivity contribution in [2.75, 3.05) is 0 Å². The van der Waals surface area contributed by atoms with Crippen molar-refractivity contribution in [2.24, 2.45) is 9.98 Å². The molecule has 4 aromatic rings. The summed E-state index contributed by atoms with van der Waals surface area (Å²) in [6, 6.07) is 21.1. The van der Waals surface area contributed by atoms with Gasteiger partial charge in [0.15, 0.2) is 0 Å². The third kappa shape index (κ3) is 3.86. The molecule has 0 radical (unpaired) electrons. The number of rotatable bonds is 4. The smallest absolute Gasteiger partial charge is 0.0886 e. The Balaban J connectivity index is 1.40. The van der Waals surface area contributed by atoms with Crippen molar-refractivity contribution in [1.82, 2.24) is 9.97 Å². The van der Waals surface area contributed by atoms with Crippen molar-refractivity contribution < 1.29 is 0 Å². The lowest BCUT2D eigenvalue weighted by atomic mass is 9.91. The molecular formula is C26H24N4. The van der Waals surface area contributed by atoms with E-state index in [0.29, 0.717) is 0 Å². The zero-order chi connectivity index (χ0) is 20.2. The van der Waals surface area contributed by atoms with Crippen molar-refractivity contribution in [2.45, 2.75) is 37.8 Å². The number of nitrogens with zero attached hydrogens (tertiary/aromatic N) is 4. The van der Waals surface area contributed by atoms with Gasteiger partial charge in [-0.15, -0.1) is 0 Å². The van der Waals surface area contributed by atoms with Crippen LogP contribution < -0.4 is 0 Å². The molecule has 2 atom stereocenters. The Hall–Kier alpha value is -3.40. The van der Waals surface area contributed by atoms with E-state index in [4.69, 9.17) is 9.98 Å². The van der Waals surface area contributed by atoms with Crippen LogP contribution in [0.3, 0.4) is 0 Å². The summed E-state index contributed by atoms with van der Waals surface area (Å²) >= 11 is 0. The fraction of sp³-hybridized carbons (Fsp3) is 0.231. The van der Waals surface area contributed by atoms with Gasteiger partial charge in [0.05, 0.1) is 23.5 Å². The second-order valence-electron chi connectivity index (χ2n) is 7.81. The Morgan fingerprint density at radius 3 is 1.60 bits per heavy atom. The van der Waals surface area contributed by atoms with Crippen LogP contribution in [0.2, 0.25) is 0 Å². The zero-order valence-electron chi connectivity index (χ0n) is 16.9. The average Bonchev–Trinajstić information content (AvgIpc) is 2.82. The van der Waals surface area contributed by atoms with Gasteiger partial charge in [0.1, 0.15) is 0 Å². The molecule has 2 unspecified atom stereocenters. The molecule has 5 rings (SSSR count). The molecule has 2 aromatic heterocycles. The summed E-state index contributed by atoms with van der Waals surface area (Å²) in [4.78, 5) is 19.0.